The van der Waals surface area contributed by atoms with Gasteiger partial charge < -0.3 is 14.6 Å². The quantitative estimate of drug-likeness (QED) is 0.481. The first-order valence-corrected chi connectivity index (χ1v) is 9.79. The number of nitrogens with zero attached hydrogens (tertiary/aromatic N) is 6. The maximum absolute atomic E-state index is 5.47. The summed E-state index contributed by atoms with van der Waals surface area (Å²) in [5.41, 5.74) is 5.18. The van der Waals surface area contributed by atoms with E-state index in [-0.39, 0.29) is 0 Å². The van der Waals surface area contributed by atoms with Gasteiger partial charge in [-0.1, -0.05) is 6.07 Å². The number of anilines is 1. The van der Waals surface area contributed by atoms with Crippen molar-refractivity contribution < 1.29 is 4.74 Å². The van der Waals surface area contributed by atoms with Gasteiger partial charge in [0.2, 0.25) is 0 Å². The van der Waals surface area contributed by atoms with Crippen molar-refractivity contribution in [2.24, 2.45) is 0 Å². The van der Waals surface area contributed by atoms with Gasteiger partial charge in [-0.3, -0.25) is 10.1 Å². The molecule has 0 bridgehead atoms. The van der Waals surface area contributed by atoms with E-state index in [2.05, 4.69) is 41.1 Å². The van der Waals surface area contributed by atoms with Crippen LogP contribution in [0.1, 0.15) is 0 Å². The van der Waals surface area contributed by atoms with Crippen molar-refractivity contribution in [1.29, 1.82) is 0 Å². The Labute approximate surface area is 171 Å². The summed E-state index contributed by atoms with van der Waals surface area (Å²) in [6.45, 7) is 3.00. The van der Waals surface area contributed by atoms with Gasteiger partial charge in [-0.25, -0.2) is 15.0 Å². The lowest BCUT2D eigenvalue weighted by Gasteiger charge is -2.27. The summed E-state index contributed by atoms with van der Waals surface area (Å²) >= 11 is 0. The number of hydrogen-bond acceptors (Lipinski definition) is 7. The lowest BCUT2D eigenvalue weighted by Crippen LogP contribution is -2.36. The van der Waals surface area contributed by atoms with Crippen LogP contribution in [0.15, 0.2) is 49.1 Å². The molecule has 5 aromatic rings. The zero-order valence-electron chi connectivity index (χ0n) is 16.0. The normalized spacial score (nSPS) is 14.6. The van der Waals surface area contributed by atoms with E-state index in [0.717, 1.165) is 52.1 Å². The van der Waals surface area contributed by atoms with Gasteiger partial charge in [0.1, 0.15) is 11.2 Å². The molecule has 0 atom stereocenters. The molecule has 5 aromatic heterocycles. The number of fused-ring (bicyclic) bond motifs is 2. The third kappa shape index (κ3) is 2.79. The van der Waals surface area contributed by atoms with Gasteiger partial charge in [0.15, 0.2) is 17.3 Å². The zero-order chi connectivity index (χ0) is 19.9. The van der Waals surface area contributed by atoms with E-state index >= 15 is 0 Å². The number of hydrogen-bond donors (Lipinski definition) is 2. The number of imidazole rings is 1. The van der Waals surface area contributed by atoms with E-state index in [1.54, 1.807) is 12.4 Å². The highest BCUT2D eigenvalue weighted by Crippen LogP contribution is 2.31. The number of ether oxygens (including phenoxy) is 1. The minimum atomic E-state index is 0.684. The predicted molar refractivity (Wildman–Crippen MR) is 113 cm³/mol. The molecule has 9 nitrogen and oxygen atoms in total. The molecule has 9 heteroatoms. The van der Waals surface area contributed by atoms with E-state index in [9.17, 15) is 0 Å². The maximum Gasteiger partial charge on any atom is 0.159 e. The lowest BCUT2D eigenvalue weighted by molar-refractivity contribution is 0.122. The summed E-state index contributed by atoms with van der Waals surface area (Å²) < 4.78 is 5.47. The molecule has 0 radical (unpaired) electrons. The lowest BCUT2D eigenvalue weighted by atomic mass is 10.1. The third-order valence-corrected chi connectivity index (χ3v) is 5.33. The molecule has 0 aromatic carbocycles. The monoisotopic (exact) mass is 398 g/mol. The van der Waals surface area contributed by atoms with E-state index in [1.165, 1.54) is 0 Å². The molecular formula is C21H18N8O. The molecule has 1 aliphatic rings. The molecule has 1 fully saturated rings. The summed E-state index contributed by atoms with van der Waals surface area (Å²) in [7, 11) is 0. The van der Waals surface area contributed by atoms with Crippen molar-refractivity contribution in [1.82, 2.24) is 35.1 Å². The van der Waals surface area contributed by atoms with Crippen molar-refractivity contribution in [3.63, 3.8) is 0 Å². The van der Waals surface area contributed by atoms with Crippen LogP contribution in [-0.4, -0.2) is 61.4 Å². The molecule has 148 valence electrons. The van der Waals surface area contributed by atoms with Crippen LogP contribution in [0.5, 0.6) is 0 Å². The second-order valence-corrected chi connectivity index (χ2v) is 7.15. The van der Waals surface area contributed by atoms with Crippen molar-refractivity contribution in [2.75, 3.05) is 31.2 Å². The van der Waals surface area contributed by atoms with E-state index < -0.39 is 0 Å². The average Bonchev–Trinajstić information content (AvgIpc) is 3.43. The molecule has 0 aliphatic carbocycles. The fourth-order valence-electron chi connectivity index (χ4n) is 3.82. The predicted octanol–water partition coefficient (Wildman–Crippen LogP) is 2.79. The average molecular weight is 398 g/mol. The molecule has 2 N–H and O–H groups in total. The fourth-order valence-corrected chi connectivity index (χ4v) is 3.82. The number of H-pyrrole nitrogens is 2. The topological polar surface area (TPSA) is 108 Å². The van der Waals surface area contributed by atoms with Crippen LogP contribution in [0.25, 0.3) is 44.7 Å². The van der Waals surface area contributed by atoms with Crippen LogP contribution in [0, 0.1) is 0 Å². The summed E-state index contributed by atoms with van der Waals surface area (Å²) in [4.78, 5) is 23.8. The highest BCUT2D eigenvalue weighted by molar-refractivity contribution is 5.95. The Kier molecular flexibility index (Phi) is 3.91. The molecular weight excluding hydrogens is 380 g/mol. The molecule has 30 heavy (non-hydrogen) atoms. The second-order valence-electron chi connectivity index (χ2n) is 7.15. The minimum absolute atomic E-state index is 0.684. The molecule has 1 aliphatic heterocycles. The molecule has 0 unspecified atom stereocenters. The smallest absolute Gasteiger partial charge is 0.159 e. The molecule has 0 saturated carbocycles. The van der Waals surface area contributed by atoms with Crippen molar-refractivity contribution in [3.8, 4) is 22.6 Å². The van der Waals surface area contributed by atoms with Crippen LogP contribution in [0.3, 0.4) is 0 Å². The summed E-state index contributed by atoms with van der Waals surface area (Å²) in [6, 6.07) is 7.92. The number of morpholine rings is 1. The van der Waals surface area contributed by atoms with Gasteiger partial charge in [0, 0.05) is 49.0 Å². The Morgan fingerprint density at radius 3 is 2.80 bits per heavy atom. The Morgan fingerprint density at radius 1 is 1.00 bits per heavy atom. The summed E-state index contributed by atoms with van der Waals surface area (Å²) in [6.07, 6.45) is 7.21. The fraction of sp³-hybridized carbons (Fsp3) is 0.190. The van der Waals surface area contributed by atoms with Crippen LogP contribution in [0.2, 0.25) is 0 Å². The van der Waals surface area contributed by atoms with E-state index in [1.807, 2.05) is 30.6 Å². The standard InChI is InChI=1S/C21H18N8O/c1-2-13(11-22-4-1)14-10-15-17(27-28-19(15)24-12-14)20-25-16-3-5-23-21(18(16)26-20)29-6-8-30-9-7-29/h1-5,10-12H,6-9H2,(H,25,26)(H,24,27,28). The van der Waals surface area contributed by atoms with Crippen LogP contribution in [-0.2, 0) is 4.74 Å². The van der Waals surface area contributed by atoms with Gasteiger partial charge in [-0.2, -0.15) is 5.10 Å². The van der Waals surface area contributed by atoms with Gasteiger partial charge in [0.05, 0.1) is 24.1 Å². The van der Waals surface area contributed by atoms with Crippen molar-refractivity contribution in [3.05, 3.63) is 49.1 Å². The summed E-state index contributed by atoms with van der Waals surface area (Å²) in [5.74, 6) is 1.55. The molecule has 6 heterocycles. The highest BCUT2D eigenvalue weighted by Gasteiger charge is 2.20. The first-order valence-electron chi connectivity index (χ1n) is 9.79. The van der Waals surface area contributed by atoms with Crippen molar-refractivity contribution in [2.45, 2.75) is 0 Å². The second kappa shape index (κ2) is 6.89. The summed E-state index contributed by atoms with van der Waals surface area (Å²) in [5, 5.41) is 8.39. The minimum Gasteiger partial charge on any atom is -0.378 e. The molecule has 0 amide bonds. The number of rotatable bonds is 3. The number of aromatic nitrogens is 7. The van der Waals surface area contributed by atoms with Gasteiger partial charge >= 0.3 is 0 Å². The first kappa shape index (κ1) is 17.0. The Morgan fingerprint density at radius 2 is 1.93 bits per heavy atom. The molecule has 0 spiro atoms. The van der Waals surface area contributed by atoms with E-state index in [0.29, 0.717) is 24.7 Å². The number of nitrogens with one attached hydrogen (secondary N) is 2. The van der Waals surface area contributed by atoms with Crippen LogP contribution in [0.4, 0.5) is 5.82 Å². The van der Waals surface area contributed by atoms with Gasteiger partial charge in [-0.15, -0.1) is 0 Å². The third-order valence-electron chi connectivity index (χ3n) is 5.33. The first-order chi connectivity index (χ1) is 14.9. The molecule has 6 rings (SSSR count). The van der Waals surface area contributed by atoms with Gasteiger partial charge in [0.25, 0.3) is 0 Å². The zero-order valence-corrected chi connectivity index (χ0v) is 16.0. The van der Waals surface area contributed by atoms with Crippen LogP contribution < -0.4 is 4.90 Å². The Balaban J connectivity index is 1.47. The SMILES string of the molecule is c1cncc(-c2cnc3[nH]nc(-c4nc5c(N6CCOCC6)nccc5[nH]4)c3c2)c1. The Bertz CT molecular complexity index is 1340. The van der Waals surface area contributed by atoms with Crippen LogP contribution >= 0.6 is 0 Å². The largest absolute Gasteiger partial charge is 0.378 e. The Hall–Kier alpha value is -3.85. The molecule has 1 saturated heterocycles. The number of aromatic amines is 2. The highest BCUT2D eigenvalue weighted by atomic mass is 16.5. The number of pyridine rings is 3. The maximum atomic E-state index is 5.47. The van der Waals surface area contributed by atoms with Gasteiger partial charge in [-0.05, 0) is 18.2 Å². The van der Waals surface area contributed by atoms with Crippen molar-refractivity contribution >= 4 is 27.9 Å². The van der Waals surface area contributed by atoms with E-state index in [4.69, 9.17) is 9.72 Å².